The molecule has 6 nitrogen and oxygen atoms in total. The third kappa shape index (κ3) is 5.32. The molecule has 1 aromatic heterocycles. The van der Waals surface area contributed by atoms with Gasteiger partial charge in [-0.1, -0.05) is 12.1 Å². The van der Waals surface area contributed by atoms with Crippen LogP contribution in [0.1, 0.15) is 41.9 Å². The van der Waals surface area contributed by atoms with Crippen molar-refractivity contribution < 1.29 is 27.3 Å². The number of carbonyl (C=O) groups excluding carboxylic acids is 2. The van der Waals surface area contributed by atoms with E-state index < -0.39 is 23.6 Å². The molecule has 0 radical (unpaired) electrons. The number of carbonyl (C=O) groups is 2. The quantitative estimate of drug-likeness (QED) is 0.821. The van der Waals surface area contributed by atoms with E-state index in [9.17, 15) is 22.8 Å². The molecule has 0 aliphatic carbocycles. The summed E-state index contributed by atoms with van der Waals surface area (Å²) in [5.41, 5.74) is -0.762. The normalized spacial score (nSPS) is 12.5. The molecule has 27 heavy (non-hydrogen) atoms. The molecule has 9 heteroatoms. The van der Waals surface area contributed by atoms with E-state index in [-0.39, 0.29) is 24.0 Å². The number of alkyl halides is 3. The molecule has 2 aromatic rings. The van der Waals surface area contributed by atoms with Crippen molar-refractivity contribution >= 4 is 17.6 Å². The molecule has 1 aromatic carbocycles. The molecule has 0 aliphatic heterocycles. The first-order valence-electron chi connectivity index (χ1n) is 8.33. The number of aryl methyl sites for hydroxylation is 1. The highest BCUT2D eigenvalue weighted by Crippen LogP contribution is 2.29. The Morgan fingerprint density at radius 3 is 2.37 bits per heavy atom. The lowest BCUT2D eigenvalue weighted by Crippen LogP contribution is -2.43. The van der Waals surface area contributed by atoms with Crippen LogP contribution in [0.25, 0.3) is 0 Å². The Kier molecular flexibility index (Phi) is 6.24. The summed E-state index contributed by atoms with van der Waals surface area (Å²) in [6, 6.07) is 5.16. The number of halogens is 3. The number of nitrogens with zero attached hydrogens (tertiary/aromatic N) is 2. The van der Waals surface area contributed by atoms with Gasteiger partial charge in [0.15, 0.2) is 5.82 Å². The lowest BCUT2D eigenvalue weighted by atomic mass is 10.1. The largest absolute Gasteiger partial charge is 0.416 e. The van der Waals surface area contributed by atoms with E-state index in [0.29, 0.717) is 12.2 Å². The second-order valence-corrected chi connectivity index (χ2v) is 6.14. The summed E-state index contributed by atoms with van der Waals surface area (Å²) >= 11 is 0. The molecule has 1 heterocycles. The highest BCUT2D eigenvalue weighted by Gasteiger charge is 2.31. The highest BCUT2D eigenvalue weighted by molar-refractivity contribution is 5.99. The number of anilines is 1. The van der Waals surface area contributed by atoms with Crippen molar-refractivity contribution in [3.05, 3.63) is 47.2 Å². The summed E-state index contributed by atoms with van der Waals surface area (Å²) in [6.45, 7) is 5.01. The Bertz CT molecular complexity index is 800. The molecule has 0 fully saturated rings. The van der Waals surface area contributed by atoms with Crippen LogP contribution >= 0.6 is 0 Å². The molecule has 146 valence electrons. The van der Waals surface area contributed by atoms with Crippen LogP contribution in [0.4, 0.5) is 19.0 Å². The Labute approximate surface area is 154 Å². The van der Waals surface area contributed by atoms with Crippen LogP contribution in [0.5, 0.6) is 0 Å². The molecule has 0 aliphatic rings. The number of nitrogens with one attached hydrogen (secondary N) is 1. The van der Waals surface area contributed by atoms with Gasteiger partial charge in [-0.15, -0.1) is 0 Å². The molecular formula is C18H20F3N3O3. The molecule has 0 bridgehead atoms. The second kappa shape index (κ2) is 8.24. The van der Waals surface area contributed by atoms with Gasteiger partial charge in [0, 0.05) is 17.7 Å². The Hall–Kier alpha value is -2.84. The monoisotopic (exact) mass is 383 g/mol. The van der Waals surface area contributed by atoms with Crippen molar-refractivity contribution in [3.63, 3.8) is 0 Å². The SMILES string of the molecule is CC[C@@H](C)N(CC(=O)Nc1cc(C)on1)C(=O)c1ccc(C(F)(F)F)cc1. The maximum Gasteiger partial charge on any atom is 0.416 e. The number of rotatable bonds is 6. The van der Waals surface area contributed by atoms with Crippen LogP contribution in [0.15, 0.2) is 34.9 Å². The summed E-state index contributed by atoms with van der Waals surface area (Å²) in [4.78, 5) is 26.3. The zero-order chi connectivity index (χ0) is 20.2. The van der Waals surface area contributed by atoms with Crippen molar-refractivity contribution in [1.29, 1.82) is 0 Å². The zero-order valence-electron chi connectivity index (χ0n) is 15.1. The van der Waals surface area contributed by atoms with Crippen molar-refractivity contribution in [2.75, 3.05) is 11.9 Å². The summed E-state index contributed by atoms with van der Waals surface area (Å²) in [7, 11) is 0. The predicted octanol–water partition coefficient (Wildman–Crippen LogP) is 3.88. The smallest absolute Gasteiger partial charge is 0.360 e. The van der Waals surface area contributed by atoms with Crippen molar-refractivity contribution in [2.24, 2.45) is 0 Å². The summed E-state index contributed by atoms with van der Waals surface area (Å²) in [6.07, 6.45) is -3.91. The zero-order valence-corrected chi connectivity index (χ0v) is 15.1. The van der Waals surface area contributed by atoms with Crippen LogP contribution in [-0.2, 0) is 11.0 Å². The molecule has 2 rings (SSSR count). The van der Waals surface area contributed by atoms with Crippen LogP contribution in [0.2, 0.25) is 0 Å². The Morgan fingerprint density at radius 2 is 1.89 bits per heavy atom. The van der Waals surface area contributed by atoms with Gasteiger partial charge in [0.05, 0.1) is 5.56 Å². The molecule has 2 amide bonds. The lowest BCUT2D eigenvalue weighted by molar-refractivity contribution is -0.137. The maximum atomic E-state index is 12.7. The summed E-state index contributed by atoms with van der Waals surface area (Å²) < 4.78 is 42.9. The first kappa shape index (κ1) is 20.5. The van der Waals surface area contributed by atoms with Gasteiger partial charge >= 0.3 is 6.18 Å². The van der Waals surface area contributed by atoms with Gasteiger partial charge in [-0.3, -0.25) is 9.59 Å². The predicted molar refractivity (Wildman–Crippen MR) is 92.1 cm³/mol. The van der Waals surface area contributed by atoms with Gasteiger partial charge < -0.3 is 14.7 Å². The third-order valence-corrected chi connectivity index (χ3v) is 4.05. The van der Waals surface area contributed by atoms with E-state index in [1.54, 1.807) is 13.8 Å². The number of amides is 2. The van der Waals surface area contributed by atoms with Crippen molar-refractivity contribution in [2.45, 2.75) is 39.4 Å². The van der Waals surface area contributed by atoms with Gasteiger partial charge in [0.2, 0.25) is 5.91 Å². The molecule has 0 saturated carbocycles. The van der Waals surface area contributed by atoms with Crippen LogP contribution in [0, 0.1) is 6.92 Å². The lowest BCUT2D eigenvalue weighted by Gasteiger charge is -2.28. The van der Waals surface area contributed by atoms with E-state index in [4.69, 9.17) is 4.52 Å². The van der Waals surface area contributed by atoms with Gasteiger partial charge in [-0.25, -0.2) is 0 Å². The fraction of sp³-hybridized carbons (Fsp3) is 0.389. The molecule has 0 saturated heterocycles. The average molecular weight is 383 g/mol. The summed E-state index contributed by atoms with van der Waals surface area (Å²) in [5, 5.41) is 6.17. The first-order valence-corrected chi connectivity index (χ1v) is 8.33. The molecule has 0 spiro atoms. The van der Waals surface area contributed by atoms with Gasteiger partial charge in [0.1, 0.15) is 12.3 Å². The fourth-order valence-electron chi connectivity index (χ4n) is 2.38. The van der Waals surface area contributed by atoms with Gasteiger partial charge in [-0.05, 0) is 44.5 Å². The van der Waals surface area contributed by atoms with E-state index >= 15 is 0 Å². The number of hydrogen-bond acceptors (Lipinski definition) is 4. The van der Waals surface area contributed by atoms with Crippen LogP contribution in [0.3, 0.4) is 0 Å². The minimum Gasteiger partial charge on any atom is -0.360 e. The molecular weight excluding hydrogens is 363 g/mol. The standard InChI is InChI=1S/C18H20F3N3O3/c1-4-11(2)24(10-16(25)22-15-9-12(3)27-23-15)17(26)13-5-7-14(8-6-13)18(19,20)21/h5-9,11H,4,10H2,1-3H3,(H,22,23,25)/t11-/m1/s1. The molecule has 1 N–H and O–H groups in total. The van der Waals surface area contributed by atoms with Crippen molar-refractivity contribution in [1.82, 2.24) is 10.1 Å². The minimum atomic E-state index is -4.48. The van der Waals surface area contributed by atoms with Crippen LogP contribution in [-0.4, -0.2) is 34.5 Å². The second-order valence-electron chi connectivity index (χ2n) is 6.14. The molecule has 1 atom stereocenters. The maximum absolute atomic E-state index is 12.7. The van der Waals surface area contributed by atoms with Gasteiger partial charge in [-0.2, -0.15) is 13.2 Å². The highest BCUT2D eigenvalue weighted by atomic mass is 19.4. The third-order valence-electron chi connectivity index (χ3n) is 4.05. The number of benzene rings is 1. The molecule has 0 unspecified atom stereocenters. The number of aromatic nitrogens is 1. The topological polar surface area (TPSA) is 75.4 Å². The minimum absolute atomic E-state index is 0.0772. The number of hydrogen-bond donors (Lipinski definition) is 1. The Morgan fingerprint density at radius 1 is 1.26 bits per heavy atom. The fourth-order valence-corrected chi connectivity index (χ4v) is 2.38. The van der Waals surface area contributed by atoms with Crippen LogP contribution < -0.4 is 5.32 Å². The van der Waals surface area contributed by atoms with E-state index in [0.717, 1.165) is 24.3 Å². The van der Waals surface area contributed by atoms with E-state index in [2.05, 4.69) is 10.5 Å². The van der Waals surface area contributed by atoms with Gasteiger partial charge in [0.25, 0.3) is 5.91 Å². The summed E-state index contributed by atoms with van der Waals surface area (Å²) in [5.74, 6) is -0.262. The van der Waals surface area contributed by atoms with E-state index in [1.807, 2.05) is 6.92 Å². The Balaban J connectivity index is 2.14. The first-order chi connectivity index (χ1) is 12.6. The average Bonchev–Trinajstić information content (AvgIpc) is 3.02. The van der Waals surface area contributed by atoms with Crippen molar-refractivity contribution in [3.8, 4) is 0 Å². The van der Waals surface area contributed by atoms with E-state index in [1.165, 1.54) is 11.0 Å².